The number of aromatic nitrogens is 2. The lowest BCUT2D eigenvalue weighted by Gasteiger charge is -2.27. The van der Waals surface area contributed by atoms with Crippen LogP contribution in [0, 0.1) is 0 Å². The minimum Gasteiger partial charge on any atom is -0.391 e. The van der Waals surface area contributed by atoms with Crippen molar-refractivity contribution in [2.45, 2.75) is 37.8 Å². The maximum absolute atomic E-state index is 12.1. The number of nitrogens with zero attached hydrogens (tertiary/aromatic N) is 2. The molecule has 1 aliphatic carbocycles. The van der Waals surface area contributed by atoms with Gasteiger partial charge in [-0.1, -0.05) is 18.0 Å². The molecule has 0 saturated heterocycles. The van der Waals surface area contributed by atoms with Gasteiger partial charge in [0, 0.05) is 24.0 Å². The number of hydrogen-bond donors (Lipinski definition) is 2. The van der Waals surface area contributed by atoms with Crippen molar-refractivity contribution in [3.63, 3.8) is 0 Å². The fraction of sp³-hybridized carbons (Fsp3) is 0.400. The average Bonchev–Trinajstić information content (AvgIpc) is 3.00. The number of nitrogens with one attached hydrogen (secondary N) is 1. The molecule has 1 amide bonds. The molecule has 1 fully saturated rings. The topological polar surface area (TPSA) is 88.2 Å². The van der Waals surface area contributed by atoms with E-state index in [0.29, 0.717) is 5.76 Å². The zero-order chi connectivity index (χ0) is 14.7. The summed E-state index contributed by atoms with van der Waals surface area (Å²) in [6.45, 7) is 0. The van der Waals surface area contributed by atoms with E-state index in [1.807, 2.05) is 6.07 Å². The Morgan fingerprint density at radius 1 is 1.38 bits per heavy atom. The number of rotatable bonds is 3. The molecular formula is C15H17N3O3. The summed E-state index contributed by atoms with van der Waals surface area (Å²) in [6.07, 6.45) is 6.37. The van der Waals surface area contributed by atoms with Gasteiger partial charge in [-0.15, -0.1) is 0 Å². The van der Waals surface area contributed by atoms with Gasteiger partial charge in [0.2, 0.25) is 0 Å². The molecule has 0 aromatic carbocycles. The van der Waals surface area contributed by atoms with Crippen LogP contribution in [-0.4, -0.2) is 33.3 Å². The zero-order valence-electron chi connectivity index (χ0n) is 11.5. The molecule has 2 heterocycles. The lowest BCUT2D eigenvalue weighted by molar-refractivity contribution is 0.0711. The first-order valence-electron chi connectivity index (χ1n) is 7.10. The molecule has 2 aromatic rings. The molecule has 2 aromatic heterocycles. The second-order valence-corrected chi connectivity index (χ2v) is 5.25. The lowest BCUT2D eigenvalue weighted by atomic mass is 9.92. The van der Waals surface area contributed by atoms with Gasteiger partial charge in [-0.05, 0) is 25.0 Å². The minimum atomic E-state index is -0.479. The highest BCUT2D eigenvalue weighted by Gasteiger charge is 2.26. The summed E-state index contributed by atoms with van der Waals surface area (Å²) in [6, 6.07) is 5.00. The second-order valence-electron chi connectivity index (χ2n) is 5.25. The number of pyridine rings is 1. The minimum absolute atomic E-state index is 0.204. The molecule has 1 saturated carbocycles. The van der Waals surface area contributed by atoms with Crippen LogP contribution in [0.5, 0.6) is 0 Å². The first-order valence-corrected chi connectivity index (χ1v) is 7.10. The summed E-state index contributed by atoms with van der Waals surface area (Å²) in [7, 11) is 0. The molecule has 21 heavy (non-hydrogen) atoms. The third-order valence-corrected chi connectivity index (χ3v) is 3.73. The predicted octanol–water partition coefficient (Wildman–Crippen LogP) is 1.77. The average molecular weight is 287 g/mol. The van der Waals surface area contributed by atoms with Crippen LogP contribution in [0.4, 0.5) is 0 Å². The normalized spacial score (nSPS) is 22.0. The molecule has 1 aliphatic rings. The summed E-state index contributed by atoms with van der Waals surface area (Å²) in [5.74, 6) is 0.178. The first kappa shape index (κ1) is 13.8. The standard InChI is InChI=1S/C15H17N3O3/c19-13-6-2-1-5-11(13)17-15(20)12-8-14(21-18-12)10-4-3-7-16-9-10/h3-4,7-9,11,13,19H,1-2,5-6H2,(H,17,20). The third kappa shape index (κ3) is 3.11. The third-order valence-electron chi connectivity index (χ3n) is 3.73. The van der Waals surface area contributed by atoms with Crippen molar-refractivity contribution in [1.82, 2.24) is 15.5 Å². The van der Waals surface area contributed by atoms with Crippen LogP contribution in [0.2, 0.25) is 0 Å². The van der Waals surface area contributed by atoms with Crippen molar-refractivity contribution in [2.75, 3.05) is 0 Å². The van der Waals surface area contributed by atoms with Crippen LogP contribution >= 0.6 is 0 Å². The molecule has 6 heteroatoms. The van der Waals surface area contributed by atoms with Gasteiger partial charge < -0.3 is 14.9 Å². The van der Waals surface area contributed by atoms with Gasteiger partial charge in [0.25, 0.3) is 5.91 Å². The number of carbonyl (C=O) groups excluding carboxylic acids is 1. The van der Waals surface area contributed by atoms with Gasteiger partial charge in [-0.3, -0.25) is 9.78 Å². The van der Waals surface area contributed by atoms with E-state index in [9.17, 15) is 9.90 Å². The molecule has 110 valence electrons. The van der Waals surface area contributed by atoms with Gasteiger partial charge in [0.15, 0.2) is 11.5 Å². The Kier molecular flexibility index (Phi) is 3.96. The Hall–Kier alpha value is -2.21. The van der Waals surface area contributed by atoms with E-state index in [-0.39, 0.29) is 17.6 Å². The van der Waals surface area contributed by atoms with Crippen LogP contribution in [-0.2, 0) is 0 Å². The molecule has 0 aliphatic heterocycles. The molecule has 6 nitrogen and oxygen atoms in total. The van der Waals surface area contributed by atoms with Crippen LogP contribution in [0.15, 0.2) is 35.1 Å². The van der Waals surface area contributed by atoms with Crippen molar-refractivity contribution in [3.8, 4) is 11.3 Å². The smallest absolute Gasteiger partial charge is 0.273 e. The highest BCUT2D eigenvalue weighted by Crippen LogP contribution is 2.21. The maximum Gasteiger partial charge on any atom is 0.273 e. The monoisotopic (exact) mass is 287 g/mol. The summed E-state index contributed by atoms with van der Waals surface area (Å²) in [4.78, 5) is 16.1. The van der Waals surface area contributed by atoms with Gasteiger partial charge in [-0.2, -0.15) is 0 Å². The highest BCUT2D eigenvalue weighted by molar-refractivity contribution is 5.93. The summed E-state index contributed by atoms with van der Waals surface area (Å²) < 4.78 is 5.17. The SMILES string of the molecule is O=C(NC1CCCCC1O)c1cc(-c2cccnc2)on1. The molecule has 0 radical (unpaired) electrons. The van der Waals surface area contributed by atoms with E-state index in [4.69, 9.17) is 4.52 Å². The van der Waals surface area contributed by atoms with Gasteiger partial charge in [-0.25, -0.2) is 0 Å². The number of aliphatic hydroxyl groups excluding tert-OH is 1. The lowest BCUT2D eigenvalue weighted by Crippen LogP contribution is -2.45. The summed E-state index contributed by atoms with van der Waals surface area (Å²) in [5, 5.41) is 16.5. The fourth-order valence-corrected chi connectivity index (χ4v) is 2.55. The molecule has 2 unspecified atom stereocenters. The fourth-order valence-electron chi connectivity index (χ4n) is 2.55. The Morgan fingerprint density at radius 2 is 2.24 bits per heavy atom. The largest absolute Gasteiger partial charge is 0.391 e. The predicted molar refractivity (Wildman–Crippen MR) is 75.5 cm³/mol. The van der Waals surface area contributed by atoms with Crippen molar-refractivity contribution >= 4 is 5.91 Å². The molecule has 2 N–H and O–H groups in total. The number of aliphatic hydroxyl groups is 1. The van der Waals surface area contributed by atoms with Gasteiger partial charge in [0.05, 0.1) is 12.1 Å². The van der Waals surface area contributed by atoms with Crippen molar-refractivity contribution in [1.29, 1.82) is 0 Å². The number of amides is 1. The Morgan fingerprint density at radius 3 is 3.00 bits per heavy atom. The van der Waals surface area contributed by atoms with Crippen molar-refractivity contribution in [2.24, 2.45) is 0 Å². The quantitative estimate of drug-likeness (QED) is 0.898. The van der Waals surface area contributed by atoms with E-state index in [0.717, 1.165) is 31.2 Å². The van der Waals surface area contributed by atoms with E-state index in [1.54, 1.807) is 24.5 Å². The summed E-state index contributed by atoms with van der Waals surface area (Å²) >= 11 is 0. The van der Waals surface area contributed by atoms with E-state index < -0.39 is 6.10 Å². The van der Waals surface area contributed by atoms with E-state index in [1.165, 1.54) is 0 Å². The van der Waals surface area contributed by atoms with Crippen LogP contribution < -0.4 is 5.32 Å². The van der Waals surface area contributed by atoms with E-state index >= 15 is 0 Å². The van der Waals surface area contributed by atoms with Crippen LogP contribution in [0.25, 0.3) is 11.3 Å². The Bertz CT molecular complexity index is 612. The molecule has 3 rings (SSSR count). The van der Waals surface area contributed by atoms with Crippen molar-refractivity contribution in [3.05, 3.63) is 36.3 Å². The highest BCUT2D eigenvalue weighted by atomic mass is 16.5. The van der Waals surface area contributed by atoms with Crippen LogP contribution in [0.1, 0.15) is 36.2 Å². The van der Waals surface area contributed by atoms with Crippen molar-refractivity contribution < 1.29 is 14.4 Å². The maximum atomic E-state index is 12.1. The second kappa shape index (κ2) is 6.05. The van der Waals surface area contributed by atoms with Gasteiger partial charge >= 0.3 is 0 Å². The van der Waals surface area contributed by atoms with Gasteiger partial charge in [0.1, 0.15) is 0 Å². The number of hydrogen-bond acceptors (Lipinski definition) is 5. The molecule has 0 spiro atoms. The molecular weight excluding hydrogens is 270 g/mol. The molecule has 0 bridgehead atoms. The zero-order valence-corrected chi connectivity index (χ0v) is 11.5. The molecule has 2 atom stereocenters. The first-order chi connectivity index (χ1) is 10.2. The summed E-state index contributed by atoms with van der Waals surface area (Å²) in [5.41, 5.74) is 0.980. The van der Waals surface area contributed by atoms with Crippen LogP contribution in [0.3, 0.4) is 0 Å². The van der Waals surface area contributed by atoms with E-state index in [2.05, 4.69) is 15.5 Å². The number of carbonyl (C=O) groups is 1. The Labute approximate surface area is 122 Å². The Balaban J connectivity index is 1.69.